The van der Waals surface area contributed by atoms with Crippen molar-refractivity contribution < 1.29 is 14.6 Å². The number of allylic oxidation sites excluding steroid dienone is 2. The minimum absolute atomic E-state index is 0.319. The molecule has 0 saturated carbocycles. The maximum Gasteiger partial charge on any atom is 0.303 e. The van der Waals surface area contributed by atoms with E-state index in [4.69, 9.17) is 9.84 Å². The molecule has 1 rings (SSSR count). The maximum absolute atomic E-state index is 10.4. The predicted octanol–water partition coefficient (Wildman–Crippen LogP) is 5.88. The normalized spacial score (nSPS) is 20.2. The summed E-state index contributed by atoms with van der Waals surface area (Å²) in [6.45, 7) is 2.25. The molecule has 23 heavy (non-hydrogen) atoms. The standard InChI is InChI=1S/C20H36O3/c1-2-3-12-15-18-19(23-18)16-13-10-8-6-4-5-7-9-11-14-17-20(21)22/h4,6,18-19H,2-3,5,7-17H2,1H3,(H,21,22). The van der Waals surface area contributed by atoms with E-state index in [1.165, 1.54) is 57.8 Å². The molecular formula is C20H36O3. The Morgan fingerprint density at radius 2 is 1.43 bits per heavy atom. The highest BCUT2D eigenvalue weighted by atomic mass is 16.6. The van der Waals surface area contributed by atoms with Gasteiger partial charge in [0.15, 0.2) is 0 Å². The second-order valence-corrected chi connectivity index (χ2v) is 6.81. The Morgan fingerprint density at radius 1 is 0.870 bits per heavy atom. The Morgan fingerprint density at radius 3 is 2.04 bits per heavy atom. The van der Waals surface area contributed by atoms with Crippen molar-refractivity contribution in [3.05, 3.63) is 12.2 Å². The Kier molecular flexibility index (Phi) is 11.9. The zero-order valence-electron chi connectivity index (χ0n) is 15.0. The van der Waals surface area contributed by atoms with Crippen LogP contribution >= 0.6 is 0 Å². The third-order valence-electron chi connectivity index (χ3n) is 4.57. The lowest BCUT2D eigenvalue weighted by Gasteiger charge is -1.98. The average molecular weight is 325 g/mol. The predicted molar refractivity (Wildman–Crippen MR) is 95.7 cm³/mol. The molecule has 1 saturated heterocycles. The van der Waals surface area contributed by atoms with E-state index in [9.17, 15) is 4.79 Å². The number of carboxylic acid groups (broad SMARTS) is 1. The zero-order valence-corrected chi connectivity index (χ0v) is 15.0. The van der Waals surface area contributed by atoms with Crippen LogP contribution in [0, 0.1) is 0 Å². The monoisotopic (exact) mass is 324 g/mol. The molecule has 0 bridgehead atoms. The van der Waals surface area contributed by atoms with Gasteiger partial charge in [-0.25, -0.2) is 0 Å². The van der Waals surface area contributed by atoms with Crippen LogP contribution < -0.4 is 0 Å². The number of ether oxygens (including phenoxy) is 1. The van der Waals surface area contributed by atoms with Crippen molar-refractivity contribution in [2.24, 2.45) is 0 Å². The topological polar surface area (TPSA) is 49.8 Å². The van der Waals surface area contributed by atoms with Crippen molar-refractivity contribution in [1.82, 2.24) is 0 Å². The van der Waals surface area contributed by atoms with E-state index in [1.807, 2.05) is 0 Å². The second-order valence-electron chi connectivity index (χ2n) is 6.81. The zero-order chi connectivity index (χ0) is 16.8. The maximum atomic E-state index is 10.4. The van der Waals surface area contributed by atoms with Crippen LogP contribution in [-0.2, 0) is 9.53 Å². The molecule has 0 spiro atoms. The highest BCUT2D eigenvalue weighted by Crippen LogP contribution is 2.31. The Balaban J connectivity index is 1.77. The van der Waals surface area contributed by atoms with Crippen LogP contribution in [0.4, 0.5) is 0 Å². The first-order valence-electron chi connectivity index (χ1n) is 9.76. The smallest absolute Gasteiger partial charge is 0.303 e. The molecule has 2 atom stereocenters. The van der Waals surface area contributed by atoms with Crippen LogP contribution in [0.2, 0.25) is 0 Å². The van der Waals surface area contributed by atoms with E-state index >= 15 is 0 Å². The van der Waals surface area contributed by atoms with Crippen LogP contribution in [0.3, 0.4) is 0 Å². The fraction of sp³-hybridized carbons (Fsp3) is 0.850. The second kappa shape index (κ2) is 13.6. The van der Waals surface area contributed by atoms with E-state index in [1.54, 1.807) is 0 Å². The first-order chi connectivity index (χ1) is 11.2. The van der Waals surface area contributed by atoms with Gasteiger partial charge in [0.2, 0.25) is 0 Å². The van der Waals surface area contributed by atoms with Crippen molar-refractivity contribution >= 4 is 5.97 Å². The molecule has 134 valence electrons. The number of carbonyl (C=O) groups is 1. The van der Waals surface area contributed by atoms with Crippen LogP contribution in [0.1, 0.15) is 96.8 Å². The molecule has 1 aliphatic rings. The number of epoxide rings is 1. The minimum Gasteiger partial charge on any atom is -0.481 e. The summed E-state index contributed by atoms with van der Waals surface area (Å²) in [7, 11) is 0. The Hall–Kier alpha value is -0.830. The molecule has 0 aliphatic carbocycles. The van der Waals surface area contributed by atoms with Gasteiger partial charge in [0.1, 0.15) is 0 Å². The molecular weight excluding hydrogens is 288 g/mol. The van der Waals surface area contributed by atoms with Gasteiger partial charge in [0.25, 0.3) is 0 Å². The fourth-order valence-electron chi connectivity index (χ4n) is 3.02. The molecule has 0 amide bonds. The lowest BCUT2D eigenvalue weighted by atomic mass is 10.1. The molecule has 3 heteroatoms. The van der Waals surface area contributed by atoms with E-state index in [-0.39, 0.29) is 0 Å². The van der Waals surface area contributed by atoms with E-state index in [0.717, 1.165) is 25.7 Å². The number of unbranched alkanes of at least 4 members (excludes halogenated alkanes) is 8. The summed E-state index contributed by atoms with van der Waals surface area (Å²) < 4.78 is 5.72. The van der Waals surface area contributed by atoms with Gasteiger partial charge in [-0.2, -0.15) is 0 Å². The Bertz CT molecular complexity index is 325. The van der Waals surface area contributed by atoms with Gasteiger partial charge < -0.3 is 9.84 Å². The number of hydrogen-bond donors (Lipinski definition) is 1. The number of aliphatic carboxylic acids is 1. The SMILES string of the molecule is CCCCCC1OC1CCCCC=CCCCCCCC(=O)O. The summed E-state index contributed by atoms with van der Waals surface area (Å²) in [5, 5.41) is 8.54. The average Bonchev–Trinajstić information content (AvgIpc) is 3.27. The summed E-state index contributed by atoms with van der Waals surface area (Å²) in [6, 6.07) is 0. The first kappa shape index (κ1) is 20.2. The van der Waals surface area contributed by atoms with Crippen molar-refractivity contribution in [2.75, 3.05) is 0 Å². The van der Waals surface area contributed by atoms with E-state index in [2.05, 4.69) is 19.1 Å². The molecule has 3 nitrogen and oxygen atoms in total. The first-order valence-corrected chi connectivity index (χ1v) is 9.76. The largest absolute Gasteiger partial charge is 0.481 e. The number of carboxylic acids is 1. The van der Waals surface area contributed by atoms with Crippen LogP contribution in [-0.4, -0.2) is 23.3 Å². The van der Waals surface area contributed by atoms with Gasteiger partial charge in [-0.3, -0.25) is 4.79 Å². The highest BCUT2D eigenvalue weighted by molar-refractivity contribution is 5.66. The van der Waals surface area contributed by atoms with Crippen molar-refractivity contribution in [2.45, 2.75) is 109 Å². The van der Waals surface area contributed by atoms with Crippen molar-refractivity contribution in [1.29, 1.82) is 0 Å². The summed E-state index contributed by atoms with van der Waals surface area (Å²) in [5.74, 6) is -0.672. The summed E-state index contributed by atoms with van der Waals surface area (Å²) in [4.78, 5) is 10.4. The minimum atomic E-state index is -0.672. The molecule has 1 fully saturated rings. The molecule has 1 heterocycles. The fourth-order valence-corrected chi connectivity index (χ4v) is 3.02. The molecule has 0 aromatic rings. The van der Waals surface area contributed by atoms with E-state index in [0.29, 0.717) is 18.6 Å². The van der Waals surface area contributed by atoms with Gasteiger partial charge in [0, 0.05) is 6.42 Å². The third-order valence-corrected chi connectivity index (χ3v) is 4.57. The summed E-state index contributed by atoms with van der Waals surface area (Å²) in [6.07, 6.45) is 21.6. The number of rotatable bonds is 16. The van der Waals surface area contributed by atoms with Gasteiger partial charge in [0.05, 0.1) is 12.2 Å². The van der Waals surface area contributed by atoms with Crippen LogP contribution in [0.15, 0.2) is 12.2 Å². The van der Waals surface area contributed by atoms with E-state index < -0.39 is 5.97 Å². The summed E-state index contributed by atoms with van der Waals surface area (Å²) >= 11 is 0. The van der Waals surface area contributed by atoms with Gasteiger partial charge in [-0.05, 0) is 44.9 Å². The molecule has 0 aromatic heterocycles. The lowest BCUT2D eigenvalue weighted by Crippen LogP contribution is -1.94. The molecule has 1 aliphatic heterocycles. The molecule has 0 aromatic carbocycles. The summed E-state index contributed by atoms with van der Waals surface area (Å²) in [5.41, 5.74) is 0. The lowest BCUT2D eigenvalue weighted by molar-refractivity contribution is -0.137. The van der Waals surface area contributed by atoms with Gasteiger partial charge in [-0.15, -0.1) is 0 Å². The molecule has 0 radical (unpaired) electrons. The van der Waals surface area contributed by atoms with Crippen LogP contribution in [0.25, 0.3) is 0 Å². The van der Waals surface area contributed by atoms with Gasteiger partial charge >= 0.3 is 5.97 Å². The van der Waals surface area contributed by atoms with Gasteiger partial charge in [-0.1, -0.05) is 57.6 Å². The molecule has 1 N–H and O–H groups in total. The van der Waals surface area contributed by atoms with Crippen LogP contribution in [0.5, 0.6) is 0 Å². The van der Waals surface area contributed by atoms with Crippen molar-refractivity contribution in [3.8, 4) is 0 Å². The van der Waals surface area contributed by atoms with Crippen molar-refractivity contribution in [3.63, 3.8) is 0 Å². The highest BCUT2D eigenvalue weighted by Gasteiger charge is 2.36. The molecule has 2 unspecified atom stereocenters. The number of hydrogen-bond acceptors (Lipinski definition) is 2. The third kappa shape index (κ3) is 12.3. The quantitative estimate of drug-likeness (QED) is 0.219. The Labute approximate surface area is 142 Å².